The second kappa shape index (κ2) is 6.72. The molecular formula is C17H16ClIO. The van der Waals surface area contributed by atoms with E-state index in [2.05, 4.69) is 42.5 Å². The Morgan fingerprint density at radius 2 is 1.75 bits per heavy atom. The molecule has 0 aliphatic heterocycles. The lowest BCUT2D eigenvalue weighted by Crippen LogP contribution is -2.05. The van der Waals surface area contributed by atoms with E-state index in [0.717, 1.165) is 22.0 Å². The summed E-state index contributed by atoms with van der Waals surface area (Å²) in [5.74, 6) is 0.0363. The zero-order valence-electron chi connectivity index (χ0n) is 11.5. The number of ketones is 1. The number of hydrogen-bond acceptors (Lipinski definition) is 1. The van der Waals surface area contributed by atoms with Crippen LogP contribution in [0.25, 0.3) is 0 Å². The van der Waals surface area contributed by atoms with E-state index in [1.807, 2.05) is 18.2 Å². The number of carbonyl (C=O) groups is 1. The van der Waals surface area contributed by atoms with Gasteiger partial charge in [0.05, 0.1) is 0 Å². The van der Waals surface area contributed by atoms with Crippen LogP contribution in [-0.2, 0) is 12.8 Å². The topological polar surface area (TPSA) is 17.1 Å². The lowest BCUT2D eigenvalue weighted by Gasteiger charge is -2.09. The molecule has 0 radical (unpaired) electrons. The fourth-order valence-electron chi connectivity index (χ4n) is 2.27. The van der Waals surface area contributed by atoms with Gasteiger partial charge in [0.1, 0.15) is 0 Å². The summed E-state index contributed by atoms with van der Waals surface area (Å²) < 4.78 is 0.926. The van der Waals surface area contributed by atoms with Gasteiger partial charge in [-0.3, -0.25) is 4.79 Å². The second-order valence-corrected chi connectivity index (χ2v) is 6.24. The predicted molar refractivity (Wildman–Crippen MR) is 92.8 cm³/mol. The smallest absolute Gasteiger partial charge is 0.194 e. The Bertz CT molecular complexity index is 649. The summed E-state index contributed by atoms with van der Waals surface area (Å²) in [6.07, 6.45) is 1.93. The van der Waals surface area contributed by atoms with Crippen LogP contribution in [0.1, 0.15) is 40.9 Å². The Hall–Kier alpha value is -0.870. The van der Waals surface area contributed by atoms with Crippen LogP contribution in [0.4, 0.5) is 0 Å². The van der Waals surface area contributed by atoms with Gasteiger partial charge in [0, 0.05) is 19.7 Å². The normalized spacial score (nSPS) is 10.6. The molecule has 1 nitrogen and oxygen atoms in total. The average Bonchev–Trinajstić information content (AvgIpc) is 2.48. The standard InChI is InChI=1S/C17H16ClIO/c1-3-11-5-6-13(9-12(11)4-2)17(20)15-10-14(18)7-8-16(15)19/h5-10H,3-4H2,1-2H3. The fraction of sp³-hybridized carbons (Fsp3) is 0.235. The third-order valence-electron chi connectivity index (χ3n) is 3.40. The maximum atomic E-state index is 12.6. The quantitative estimate of drug-likeness (QED) is 0.504. The number of benzene rings is 2. The molecule has 0 aliphatic carbocycles. The number of aryl methyl sites for hydroxylation is 2. The average molecular weight is 399 g/mol. The van der Waals surface area contributed by atoms with Crippen LogP contribution >= 0.6 is 34.2 Å². The third-order valence-corrected chi connectivity index (χ3v) is 4.58. The van der Waals surface area contributed by atoms with E-state index in [1.54, 1.807) is 12.1 Å². The maximum absolute atomic E-state index is 12.6. The molecule has 0 N–H and O–H groups in total. The first kappa shape index (κ1) is 15.5. The number of hydrogen-bond donors (Lipinski definition) is 0. The summed E-state index contributed by atoms with van der Waals surface area (Å²) in [5.41, 5.74) is 3.96. The monoisotopic (exact) mass is 398 g/mol. The molecule has 0 heterocycles. The van der Waals surface area contributed by atoms with Crippen molar-refractivity contribution in [1.82, 2.24) is 0 Å². The summed E-state index contributed by atoms with van der Waals surface area (Å²) in [6.45, 7) is 4.25. The maximum Gasteiger partial charge on any atom is 0.194 e. The summed E-state index contributed by atoms with van der Waals surface area (Å²) in [7, 11) is 0. The number of halogens is 2. The lowest BCUT2D eigenvalue weighted by atomic mass is 9.96. The Balaban J connectivity index is 2.45. The largest absolute Gasteiger partial charge is 0.289 e. The van der Waals surface area contributed by atoms with Crippen LogP contribution in [0.2, 0.25) is 5.02 Å². The SMILES string of the molecule is CCc1ccc(C(=O)c2cc(Cl)ccc2I)cc1CC. The van der Waals surface area contributed by atoms with Gasteiger partial charge < -0.3 is 0 Å². The van der Waals surface area contributed by atoms with Crippen LogP contribution in [0, 0.1) is 3.57 Å². The van der Waals surface area contributed by atoms with Crippen molar-refractivity contribution in [3.8, 4) is 0 Å². The van der Waals surface area contributed by atoms with E-state index in [4.69, 9.17) is 11.6 Å². The minimum Gasteiger partial charge on any atom is -0.289 e. The molecule has 0 saturated heterocycles. The highest BCUT2D eigenvalue weighted by Crippen LogP contribution is 2.22. The highest BCUT2D eigenvalue weighted by molar-refractivity contribution is 14.1. The van der Waals surface area contributed by atoms with Crippen molar-refractivity contribution >= 4 is 40.0 Å². The summed E-state index contributed by atoms with van der Waals surface area (Å²) >= 11 is 8.17. The van der Waals surface area contributed by atoms with Crippen LogP contribution in [-0.4, -0.2) is 5.78 Å². The van der Waals surface area contributed by atoms with Crippen LogP contribution in [0.15, 0.2) is 36.4 Å². The highest BCUT2D eigenvalue weighted by Gasteiger charge is 2.14. The Kier molecular flexibility index (Phi) is 5.22. The van der Waals surface area contributed by atoms with Crippen molar-refractivity contribution in [1.29, 1.82) is 0 Å². The molecule has 0 spiro atoms. The van der Waals surface area contributed by atoms with Gasteiger partial charge in [-0.05, 0) is 70.8 Å². The Labute approximate surface area is 138 Å². The summed E-state index contributed by atoms with van der Waals surface area (Å²) in [5, 5.41) is 0.592. The van der Waals surface area contributed by atoms with Crippen molar-refractivity contribution in [2.45, 2.75) is 26.7 Å². The third kappa shape index (κ3) is 3.23. The molecule has 0 saturated carbocycles. The van der Waals surface area contributed by atoms with Crippen LogP contribution in [0.5, 0.6) is 0 Å². The second-order valence-electron chi connectivity index (χ2n) is 4.64. The molecule has 2 aromatic carbocycles. The molecule has 0 amide bonds. The first-order valence-electron chi connectivity index (χ1n) is 6.68. The Morgan fingerprint density at radius 1 is 1.05 bits per heavy atom. The van der Waals surface area contributed by atoms with Gasteiger partial charge in [-0.1, -0.05) is 37.6 Å². The Morgan fingerprint density at radius 3 is 2.40 bits per heavy atom. The molecule has 0 aliphatic rings. The molecule has 3 heteroatoms. The summed E-state index contributed by atoms with van der Waals surface area (Å²) in [6, 6.07) is 11.4. The highest BCUT2D eigenvalue weighted by atomic mass is 127. The van der Waals surface area contributed by atoms with Crippen LogP contribution < -0.4 is 0 Å². The lowest BCUT2D eigenvalue weighted by molar-refractivity contribution is 0.103. The van der Waals surface area contributed by atoms with Crippen molar-refractivity contribution in [3.63, 3.8) is 0 Å². The van der Waals surface area contributed by atoms with Crippen molar-refractivity contribution in [3.05, 3.63) is 67.2 Å². The number of carbonyl (C=O) groups excluding carboxylic acids is 1. The van der Waals surface area contributed by atoms with Gasteiger partial charge >= 0.3 is 0 Å². The van der Waals surface area contributed by atoms with Gasteiger partial charge in [0.2, 0.25) is 0 Å². The van der Waals surface area contributed by atoms with E-state index in [-0.39, 0.29) is 5.78 Å². The molecule has 0 unspecified atom stereocenters. The first-order valence-corrected chi connectivity index (χ1v) is 8.14. The van der Waals surface area contributed by atoms with Crippen molar-refractivity contribution in [2.75, 3.05) is 0 Å². The van der Waals surface area contributed by atoms with Gasteiger partial charge in [-0.2, -0.15) is 0 Å². The molecule has 104 valence electrons. The first-order chi connectivity index (χ1) is 9.56. The van der Waals surface area contributed by atoms with Gasteiger partial charge in [-0.15, -0.1) is 0 Å². The molecule has 20 heavy (non-hydrogen) atoms. The predicted octanol–water partition coefficient (Wildman–Crippen LogP) is 5.30. The van der Waals surface area contributed by atoms with E-state index >= 15 is 0 Å². The fourth-order valence-corrected chi connectivity index (χ4v) is 3.02. The molecule has 0 aromatic heterocycles. The molecule has 2 rings (SSSR count). The zero-order valence-corrected chi connectivity index (χ0v) is 14.5. The van der Waals surface area contributed by atoms with Crippen molar-refractivity contribution < 1.29 is 4.79 Å². The summed E-state index contributed by atoms with van der Waals surface area (Å²) in [4.78, 5) is 12.6. The zero-order chi connectivity index (χ0) is 14.7. The minimum atomic E-state index is 0.0363. The van der Waals surface area contributed by atoms with E-state index in [0.29, 0.717) is 10.6 Å². The molecular weight excluding hydrogens is 383 g/mol. The number of rotatable bonds is 4. The minimum absolute atomic E-state index is 0.0363. The molecule has 0 fully saturated rings. The molecule has 0 bridgehead atoms. The van der Waals surface area contributed by atoms with E-state index < -0.39 is 0 Å². The van der Waals surface area contributed by atoms with E-state index in [1.165, 1.54) is 11.1 Å². The van der Waals surface area contributed by atoms with Gasteiger partial charge in [-0.25, -0.2) is 0 Å². The molecule has 0 atom stereocenters. The van der Waals surface area contributed by atoms with Gasteiger partial charge in [0.25, 0.3) is 0 Å². The van der Waals surface area contributed by atoms with Crippen LogP contribution in [0.3, 0.4) is 0 Å². The molecule has 2 aromatic rings. The van der Waals surface area contributed by atoms with Gasteiger partial charge in [0.15, 0.2) is 5.78 Å². The van der Waals surface area contributed by atoms with Crippen molar-refractivity contribution in [2.24, 2.45) is 0 Å². The van der Waals surface area contributed by atoms with E-state index in [9.17, 15) is 4.79 Å².